The van der Waals surface area contributed by atoms with E-state index in [0.717, 1.165) is 16.7 Å². The summed E-state index contributed by atoms with van der Waals surface area (Å²) in [5.41, 5.74) is 3.21. The summed E-state index contributed by atoms with van der Waals surface area (Å²) in [7, 11) is 2.30. The number of aryl methyl sites for hydroxylation is 1. The van der Waals surface area contributed by atoms with Crippen LogP contribution in [-0.2, 0) is 6.42 Å². The molecule has 0 aliphatic heterocycles. The van der Waals surface area contributed by atoms with Gasteiger partial charge in [0.1, 0.15) is 0 Å². The Morgan fingerprint density at radius 2 is 2.00 bits per heavy atom. The smallest absolute Gasteiger partial charge is 0.0152 e. The first-order valence-electron chi connectivity index (χ1n) is 7.63. The van der Waals surface area contributed by atoms with Crippen LogP contribution < -0.4 is 0 Å². The Kier molecular flexibility index (Phi) is 4.28. The van der Waals surface area contributed by atoms with E-state index in [0.29, 0.717) is 0 Å². The lowest BCUT2D eigenvalue weighted by atomic mass is 9.81. The van der Waals surface area contributed by atoms with Crippen molar-refractivity contribution in [3.63, 3.8) is 0 Å². The van der Waals surface area contributed by atoms with Gasteiger partial charge >= 0.3 is 0 Å². The van der Waals surface area contributed by atoms with Crippen LogP contribution in [0.1, 0.15) is 42.7 Å². The standard InChI is InChI=1S/C17H24BrN/c1-19(11-13-9-16(18)10-13)12-15-7-4-6-14-5-2-3-8-17(14)15/h2-3,5,8,13,15-16H,4,6-7,9-12H2,1H3. The quantitative estimate of drug-likeness (QED) is 0.751. The topological polar surface area (TPSA) is 3.24 Å². The predicted molar refractivity (Wildman–Crippen MR) is 85.1 cm³/mol. The lowest BCUT2D eigenvalue weighted by Crippen LogP contribution is -2.36. The van der Waals surface area contributed by atoms with Gasteiger partial charge in [-0.3, -0.25) is 0 Å². The van der Waals surface area contributed by atoms with Gasteiger partial charge in [0.2, 0.25) is 0 Å². The zero-order valence-electron chi connectivity index (χ0n) is 11.8. The summed E-state index contributed by atoms with van der Waals surface area (Å²) in [5, 5.41) is 0. The summed E-state index contributed by atoms with van der Waals surface area (Å²) in [5.74, 6) is 1.68. The van der Waals surface area contributed by atoms with Crippen LogP contribution in [0, 0.1) is 5.92 Å². The maximum Gasteiger partial charge on any atom is 0.0152 e. The number of hydrogen-bond donors (Lipinski definition) is 0. The Balaban J connectivity index is 1.58. The Labute approximate surface area is 125 Å². The number of nitrogens with zero attached hydrogens (tertiary/aromatic N) is 1. The maximum absolute atomic E-state index is 3.69. The van der Waals surface area contributed by atoms with E-state index >= 15 is 0 Å². The zero-order valence-corrected chi connectivity index (χ0v) is 13.4. The lowest BCUT2D eigenvalue weighted by Gasteiger charge is -2.36. The molecule has 0 amide bonds. The van der Waals surface area contributed by atoms with Crippen molar-refractivity contribution in [1.29, 1.82) is 0 Å². The Bertz CT molecular complexity index is 425. The highest BCUT2D eigenvalue weighted by Gasteiger charge is 2.28. The molecule has 2 heteroatoms. The highest BCUT2D eigenvalue weighted by molar-refractivity contribution is 9.09. The minimum atomic E-state index is 0.759. The molecule has 0 bridgehead atoms. The third-order valence-electron chi connectivity index (χ3n) is 4.77. The van der Waals surface area contributed by atoms with Crippen LogP contribution in [0.25, 0.3) is 0 Å². The maximum atomic E-state index is 3.69. The molecule has 1 fully saturated rings. The largest absolute Gasteiger partial charge is 0.305 e. The van der Waals surface area contributed by atoms with Crippen LogP contribution in [0.5, 0.6) is 0 Å². The van der Waals surface area contributed by atoms with Crippen LogP contribution in [0.15, 0.2) is 24.3 Å². The first-order valence-corrected chi connectivity index (χ1v) is 8.54. The van der Waals surface area contributed by atoms with E-state index < -0.39 is 0 Å². The molecule has 19 heavy (non-hydrogen) atoms. The summed E-state index contributed by atoms with van der Waals surface area (Å²) in [6, 6.07) is 9.07. The van der Waals surface area contributed by atoms with Crippen molar-refractivity contribution in [1.82, 2.24) is 4.90 Å². The summed E-state index contributed by atoms with van der Waals surface area (Å²) in [4.78, 5) is 3.36. The number of likely N-dealkylation sites (N-methyl/N-ethyl adjacent to an activating group) is 1. The van der Waals surface area contributed by atoms with Crippen molar-refractivity contribution >= 4 is 15.9 Å². The van der Waals surface area contributed by atoms with E-state index in [1.54, 1.807) is 11.1 Å². The Morgan fingerprint density at radius 3 is 2.79 bits per heavy atom. The third-order valence-corrected chi connectivity index (χ3v) is 5.52. The minimum Gasteiger partial charge on any atom is -0.305 e. The van der Waals surface area contributed by atoms with E-state index in [1.165, 1.54) is 45.2 Å². The molecule has 1 atom stereocenters. The molecule has 3 rings (SSSR count). The molecule has 0 spiro atoms. The summed E-state index contributed by atoms with van der Waals surface area (Å²) < 4.78 is 0. The van der Waals surface area contributed by atoms with Crippen molar-refractivity contribution in [3.8, 4) is 0 Å². The van der Waals surface area contributed by atoms with Gasteiger partial charge in [-0.2, -0.15) is 0 Å². The average molecular weight is 322 g/mol. The van der Waals surface area contributed by atoms with E-state index in [-0.39, 0.29) is 0 Å². The number of alkyl halides is 1. The molecule has 0 saturated heterocycles. The van der Waals surface area contributed by atoms with Crippen LogP contribution in [0.3, 0.4) is 0 Å². The normalized spacial score (nSPS) is 29.9. The van der Waals surface area contributed by atoms with Gasteiger partial charge in [-0.1, -0.05) is 40.2 Å². The summed E-state index contributed by atoms with van der Waals surface area (Å²) in [6.45, 7) is 2.52. The molecular weight excluding hydrogens is 298 g/mol. The van der Waals surface area contributed by atoms with Crippen LogP contribution in [-0.4, -0.2) is 29.9 Å². The Hall–Kier alpha value is -0.340. The van der Waals surface area contributed by atoms with Crippen molar-refractivity contribution < 1.29 is 0 Å². The molecule has 2 aliphatic carbocycles. The molecule has 0 heterocycles. The van der Waals surface area contributed by atoms with Gasteiger partial charge in [-0.05, 0) is 62.1 Å². The van der Waals surface area contributed by atoms with E-state index in [2.05, 4.69) is 52.1 Å². The van der Waals surface area contributed by atoms with E-state index in [1.807, 2.05) is 0 Å². The first-order chi connectivity index (χ1) is 9.22. The molecule has 1 unspecified atom stereocenters. The summed E-state index contributed by atoms with van der Waals surface area (Å²) >= 11 is 3.69. The van der Waals surface area contributed by atoms with Gasteiger partial charge in [-0.15, -0.1) is 0 Å². The monoisotopic (exact) mass is 321 g/mol. The van der Waals surface area contributed by atoms with E-state index in [4.69, 9.17) is 0 Å². The van der Waals surface area contributed by atoms with Gasteiger partial charge < -0.3 is 4.90 Å². The molecule has 0 aromatic heterocycles. The third kappa shape index (κ3) is 3.22. The number of rotatable bonds is 4. The number of fused-ring (bicyclic) bond motifs is 1. The molecule has 1 aromatic rings. The molecule has 0 radical (unpaired) electrons. The fraction of sp³-hybridized carbons (Fsp3) is 0.647. The molecule has 1 saturated carbocycles. The van der Waals surface area contributed by atoms with E-state index in [9.17, 15) is 0 Å². The molecule has 104 valence electrons. The van der Waals surface area contributed by atoms with Crippen LogP contribution in [0.2, 0.25) is 0 Å². The van der Waals surface area contributed by atoms with Crippen LogP contribution in [0.4, 0.5) is 0 Å². The summed E-state index contributed by atoms with van der Waals surface area (Å²) in [6.07, 6.45) is 6.75. The first kappa shape index (κ1) is 13.6. The lowest BCUT2D eigenvalue weighted by molar-refractivity contribution is 0.201. The SMILES string of the molecule is CN(CC1CC(Br)C1)CC1CCCc2ccccc21. The van der Waals surface area contributed by atoms with Crippen molar-refractivity contribution in [3.05, 3.63) is 35.4 Å². The number of hydrogen-bond acceptors (Lipinski definition) is 1. The predicted octanol–water partition coefficient (Wildman–Crippen LogP) is 4.21. The van der Waals surface area contributed by atoms with Gasteiger partial charge in [0.25, 0.3) is 0 Å². The second-order valence-corrected chi connectivity index (χ2v) is 7.74. The number of halogens is 1. The van der Waals surface area contributed by atoms with Gasteiger partial charge in [0.05, 0.1) is 0 Å². The van der Waals surface area contributed by atoms with Crippen molar-refractivity contribution in [2.45, 2.75) is 42.8 Å². The second-order valence-electron chi connectivity index (χ2n) is 6.44. The second kappa shape index (κ2) is 5.97. The minimum absolute atomic E-state index is 0.759. The van der Waals surface area contributed by atoms with Gasteiger partial charge in [0, 0.05) is 17.9 Å². The van der Waals surface area contributed by atoms with Crippen LogP contribution >= 0.6 is 15.9 Å². The van der Waals surface area contributed by atoms with Crippen molar-refractivity contribution in [2.75, 3.05) is 20.1 Å². The number of benzene rings is 1. The highest BCUT2D eigenvalue weighted by Crippen LogP contribution is 2.35. The zero-order chi connectivity index (χ0) is 13.2. The molecule has 2 aliphatic rings. The molecule has 1 nitrogen and oxygen atoms in total. The van der Waals surface area contributed by atoms with Gasteiger partial charge in [-0.25, -0.2) is 0 Å². The molecular formula is C17H24BrN. The Morgan fingerprint density at radius 1 is 1.21 bits per heavy atom. The fourth-order valence-electron chi connectivity index (χ4n) is 3.74. The fourth-order valence-corrected chi connectivity index (χ4v) is 4.80. The average Bonchev–Trinajstić information content (AvgIpc) is 2.37. The molecule has 1 aromatic carbocycles. The van der Waals surface area contributed by atoms with Crippen molar-refractivity contribution in [2.24, 2.45) is 5.92 Å². The highest BCUT2D eigenvalue weighted by atomic mass is 79.9. The molecule has 0 N–H and O–H groups in total. The van der Waals surface area contributed by atoms with Gasteiger partial charge in [0.15, 0.2) is 0 Å².